The summed E-state index contributed by atoms with van der Waals surface area (Å²) in [6, 6.07) is 17.6. The van der Waals surface area contributed by atoms with Gasteiger partial charge in [-0.1, -0.05) is 62.4 Å². The van der Waals surface area contributed by atoms with Crippen molar-refractivity contribution in [3.8, 4) is 16.6 Å². The van der Waals surface area contributed by atoms with Crippen LogP contribution in [0.25, 0.3) is 22.2 Å². The van der Waals surface area contributed by atoms with Gasteiger partial charge in [-0.2, -0.15) is 5.26 Å². The molecule has 0 aliphatic heterocycles. The van der Waals surface area contributed by atoms with Crippen molar-refractivity contribution in [3.05, 3.63) is 82.1 Å². The zero-order chi connectivity index (χ0) is 22.7. The molecule has 4 rings (SSSR count). The summed E-state index contributed by atoms with van der Waals surface area (Å²) in [5.74, 6) is -0.143. The molecule has 1 aromatic carbocycles. The number of thiophene rings is 1. The van der Waals surface area contributed by atoms with Crippen LogP contribution in [0.3, 0.4) is 0 Å². The average molecular weight is 460 g/mol. The summed E-state index contributed by atoms with van der Waals surface area (Å²) < 4.78 is 5.20. The molecule has 0 radical (unpaired) electrons. The van der Waals surface area contributed by atoms with Gasteiger partial charge in [0, 0.05) is 0 Å². The number of furan rings is 1. The van der Waals surface area contributed by atoms with Gasteiger partial charge < -0.3 is 9.73 Å². The number of benzene rings is 1. The normalized spacial score (nSPS) is 11.9. The largest absolute Gasteiger partial charge is 0.459 e. The molecule has 0 unspecified atom stereocenters. The van der Waals surface area contributed by atoms with Gasteiger partial charge in [0.05, 0.1) is 16.7 Å². The van der Waals surface area contributed by atoms with Gasteiger partial charge in [-0.15, -0.1) is 11.3 Å². The molecule has 0 fully saturated rings. The second kappa shape index (κ2) is 8.95. The molecule has 0 aliphatic carbocycles. The van der Waals surface area contributed by atoms with Crippen molar-refractivity contribution in [1.82, 2.24) is 4.98 Å². The Kier molecular flexibility index (Phi) is 6.08. The number of hydrogen-bond acceptors (Lipinski definition) is 6. The summed E-state index contributed by atoms with van der Waals surface area (Å²) in [6.07, 6.45) is 3.27. The summed E-state index contributed by atoms with van der Waals surface area (Å²) in [5, 5.41) is 15.8. The first-order chi connectivity index (χ1) is 15.3. The topological polar surface area (TPSA) is 78.9 Å². The Bertz CT molecular complexity index is 1280. The Hall–Kier alpha value is -3.47. The SMILES string of the molecule is CC(C)(C)c1ccc(C=C(C#N)c2nc(-c3cccs3)c(NC(=O)c3ccco3)s2)cc1. The van der Waals surface area contributed by atoms with Crippen molar-refractivity contribution in [2.75, 3.05) is 5.32 Å². The van der Waals surface area contributed by atoms with Crippen molar-refractivity contribution in [2.45, 2.75) is 26.2 Å². The Labute approximate surface area is 194 Å². The third-order valence-electron chi connectivity index (χ3n) is 4.79. The van der Waals surface area contributed by atoms with E-state index in [1.807, 2.05) is 35.7 Å². The number of carbonyl (C=O) groups is 1. The highest BCUT2D eigenvalue weighted by molar-refractivity contribution is 7.19. The molecule has 4 aromatic rings. The number of nitrogens with zero attached hydrogens (tertiary/aromatic N) is 2. The van der Waals surface area contributed by atoms with E-state index in [4.69, 9.17) is 9.40 Å². The van der Waals surface area contributed by atoms with Gasteiger partial charge in [0.2, 0.25) is 0 Å². The number of amides is 1. The molecule has 0 atom stereocenters. The number of thiazole rings is 1. The molecule has 3 heterocycles. The van der Waals surface area contributed by atoms with E-state index < -0.39 is 0 Å². The first-order valence-corrected chi connectivity index (χ1v) is 11.7. The van der Waals surface area contributed by atoms with Crippen LogP contribution in [0, 0.1) is 11.3 Å². The van der Waals surface area contributed by atoms with Crippen LogP contribution in [0.4, 0.5) is 5.00 Å². The summed E-state index contributed by atoms with van der Waals surface area (Å²) in [6.45, 7) is 6.50. The lowest BCUT2D eigenvalue weighted by Crippen LogP contribution is -2.10. The number of rotatable bonds is 5. The number of nitriles is 1. The minimum atomic E-state index is -0.358. The number of allylic oxidation sites excluding steroid dienone is 1. The molecule has 0 spiro atoms. The minimum Gasteiger partial charge on any atom is -0.459 e. The van der Waals surface area contributed by atoms with Gasteiger partial charge >= 0.3 is 0 Å². The predicted molar refractivity (Wildman–Crippen MR) is 131 cm³/mol. The summed E-state index contributed by atoms with van der Waals surface area (Å²) in [7, 11) is 0. The maximum atomic E-state index is 12.5. The molecular weight excluding hydrogens is 438 g/mol. The van der Waals surface area contributed by atoms with E-state index in [-0.39, 0.29) is 17.1 Å². The lowest BCUT2D eigenvalue weighted by molar-refractivity contribution is 0.0997. The molecule has 3 aromatic heterocycles. The van der Waals surface area contributed by atoms with Crippen LogP contribution >= 0.6 is 22.7 Å². The van der Waals surface area contributed by atoms with Gasteiger partial charge in [-0.3, -0.25) is 4.79 Å². The van der Waals surface area contributed by atoms with Crippen LogP contribution in [-0.2, 0) is 5.41 Å². The Morgan fingerprint density at radius 3 is 2.53 bits per heavy atom. The van der Waals surface area contributed by atoms with Gasteiger partial charge in [0.15, 0.2) is 5.76 Å². The van der Waals surface area contributed by atoms with E-state index in [1.165, 1.54) is 34.5 Å². The smallest absolute Gasteiger partial charge is 0.292 e. The molecule has 1 N–H and O–H groups in total. The lowest BCUT2D eigenvalue weighted by atomic mass is 9.86. The van der Waals surface area contributed by atoms with Crippen molar-refractivity contribution >= 4 is 45.2 Å². The lowest BCUT2D eigenvalue weighted by Gasteiger charge is -2.18. The number of nitrogens with one attached hydrogen (secondary N) is 1. The van der Waals surface area contributed by atoms with E-state index in [0.29, 0.717) is 21.3 Å². The maximum Gasteiger partial charge on any atom is 0.292 e. The Morgan fingerprint density at radius 1 is 1.16 bits per heavy atom. The zero-order valence-electron chi connectivity index (χ0n) is 17.9. The van der Waals surface area contributed by atoms with Gasteiger partial charge in [-0.05, 0) is 46.2 Å². The van der Waals surface area contributed by atoms with Gasteiger partial charge in [0.25, 0.3) is 5.91 Å². The molecule has 1 amide bonds. The fourth-order valence-corrected chi connectivity index (χ4v) is 4.79. The second-order valence-corrected chi connectivity index (χ2v) is 10.1. The van der Waals surface area contributed by atoms with E-state index in [1.54, 1.807) is 12.1 Å². The molecule has 160 valence electrons. The molecule has 7 heteroatoms. The zero-order valence-corrected chi connectivity index (χ0v) is 19.5. The predicted octanol–water partition coefficient (Wildman–Crippen LogP) is 7.08. The molecule has 0 saturated carbocycles. The highest BCUT2D eigenvalue weighted by atomic mass is 32.1. The van der Waals surface area contributed by atoms with E-state index in [2.05, 4.69) is 44.3 Å². The van der Waals surface area contributed by atoms with Crippen LogP contribution in [0.1, 0.15) is 47.5 Å². The molecule has 0 aliphatic rings. The first-order valence-electron chi connectivity index (χ1n) is 9.97. The summed E-state index contributed by atoms with van der Waals surface area (Å²) in [5.41, 5.74) is 3.29. The second-order valence-electron chi connectivity index (χ2n) is 8.15. The number of aromatic nitrogens is 1. The van der Waals surface area contributed by atoms with Crippen molar-refractivity contribution < 1.29 is 9.21 Å². The Balaban J connectivity index is 1.69. The van der Waals surface area contributed by atoms with Crippen molar-refractivity contribution in [1.29, 1.82) is 5.26 Å². The number of anilines is 1. The Morgan fingerprint density at radius 2 is 1.94 bits per heavy atom. The highest BCUT2D eigenvalue weighted by Crippen LogP contribution is 2.38. The number of carbonyl (C=O) groups excluding carboxylic acids is 1. The van der Waals surface area contributed by atoms with Crippen LogP contribution in [0.5, 0.6) is 0 Å². The standard InChI is InChI=1S/C25H21N3O2S2/c1-25(2,3)18-10-8-16(9-11-18)14-17(15-26)23-27-21(20-7-5-13-31-20)24(32-23)28-22(29)19-6-4-12-30-19/h4-14H,1-3H3,(H,28,29). The summed E-state index contributed by atoms with van der Waals surface area (Å²) >= 11 is 2.80. The van der Waals surface area contributed by atoms with Crippen molar-refractivity contribution in [2.24, 2.45) is 0 Å². The number of hydrogen-bond donors (Lipinski definition) is 1. The maximum absolute atomic E-state index is 12.5. The quantitative estimate of drug-likeness (QED) is 0.323. The van der Waals surface area contributed by atoms with E-state index in [9.17, 15) is 10.1 Å². The van der Waals surface area contributed by atoms with Crippen LogP contribution < -0.4 is 5.32 Å². The monoisotopic (exact) mass is 459 g/mol. The van der Waals surface area contributed by atoms with Crippen LogP contribution in [-0.4, -0.2) is 10.9 Å². The molecule has 0 saturated heterocycles. The first kappa shape index (κ1) is 21.8. The van der Waals surface area contributed by atoms with E-state index in [0.717, 1.165) is 10.4 Å². The third kappa shape index (κ3) is 4.72. The summed E-state index contributed by atoms with van der Waals surface area (Å²) in [4.78, 5) is 18.2. The third-order valence-corrected chi connectivity index (χ3v) is 6.67. The highest BCUT2D eigenvalue weighted by Gasteiger charge is 2.20. The molecule has 32 heavy (non-hydrogen) atoms. The fourth-order valence-electron chi connectivity index (χ4n) is 3.06. The van der Waals surface area contributed by atoms with E-state index >= 15 is 0 Å². The molecule has 5 nitrogen and oxygen atoms in total. The molecule has 0 bridgehead atoms. The van der Waals surface area contributed by atoms with Crippen LogP contribution in [0.15, 0.2) is 64.6 Å². The fraction of sp³-hybridized carbons (Fsp3) is 0.160. The van der Waals surface area contributed by atoms with Crippen LogP contribution in [0.2, 0.25) is 0 Å². The van der Waals surface area contributed by atoms with Crippen molar-refractivity contribution in [3.63, 3.8) is 0 Å². The van der Waals surface area contributed by atoms with Gasteiger partial charge in [-0.25, -0.2) is 4.98 Å². The van der Waals surface area contributed by atoms with Gasteiger partial charge in [0.1, 0.15) is 21.8 Å². The molecular formula is C25H21N3O2S2. The average Bonchev–Trinajstić information content (AvgIpc) is 3.53. The minimum absolute atomic E-state index is 0.0618.